The van der Waals surface area contributed by atoms with Crippen LogP contribution >= 0.6 is 0 Å². The van der Waals surface area contributed by atoms with E-state index in [0.29, 0.717) is 18.6 Å². The van der Waals surface area contributed by atoms with Crippen LogP contribution in [0.1, 0.15) is 58.8 Å². The summed E-state index contributed by atoms with van der Waals surface area (Å²) in [5.74, 6) is 0.594. The van der Waals surface area contributed by atoms with Crippen LogP contribution in [0.2, 0.25) is 0 Å². The molecule has 0 aliphatic heterocycles. The summed E-state index contributed by atoms with van der Waals surface area (Å²) in [6.07, 6.45) is 7.29. The molecule has 2 N–H and O–H groups in total. The van der Waals surface area contributed by atoms with Gasteiger partial charge in [0, 0.05) is 12.6 Å². The number of carbonyl (C=O) groups excluding carboxylic acids is 1. The van der Waals surface area contributed by atoms with Crippen molar-refractivity contribution in [1.29, 1.82) is 0 Å². The van der Waals surface area contributed by atoms with Gasteiger partial charge < -0.3 is 15.2 Å². The largest absolute Gasteiger partial charge is 0.466 e. The van der Waals surface area contributed by atoms with E-state index in [9.17, 15) is 4.79 Å². The maximum atomic E-state index is 11.8. The highest BCUT2D eigenvalue weighted by Gasteiger charge is 2.28. The number of esters is 1. The SMILES string of the molecule is CCCC(CCO)CNC1CCCC(C(=O)OCC)C1. The third-order valence-electron chi connectivity index (χ3n) is 4.22. The van der Waals surface area contributed by atoms with Crippen molar-refractivity contribution in [1.82, 2.24) is 5.32 Å². The van der Waals surface area contributed by atoms with Crippen molar-refractivity contribution in [3.8, 4) is 0 Å². The summed E-state index contributed by atoms with van der Waals surface area (Å²) in [6.45, 7) is 5.74. The van der Waals surface area contributed by atoms with Gasteiger partial charge in [0.15, 0.2) is 0 Å². The van der Waals surface area contributed by atoms with Gasteiger partial charge in [0.05, 0.1) is 12.5 Å². The van der Waals surface area contributed by atoms with E-state index in [2.05, 4.69) is 12.2 Å². The summed E-state index contributed by atoms with van der Waals surface area (Å²) in [6, 6.07) is 0.427. The number of hydrogen-bond donors (Lipinski definition) is 2. The van der Waals surface area contributed by atoms with Crippen LogP contribution in [-0.4, -0.2) is 36.9 Å². The average Bonchev–Trinajstić information content (AvgIpc) is 2.46. The molecule has 118 valence electrons. The summed E-state index contributed by atoms with van der Waals surface area (Å²) in [5, 5.41) is 12.7. The Morgan fingerprint density at radius 2 is 2.15 bits per heavy atom. The molecule has 3 atom stereocenters. The first-order chi connectivity index (χ1) is 9.71. The van der Waals surface area contributed by atoms with Gasteiger partial charge in [-0.05, 0) is 51.5 Å². The molecule has 0 bridgehead atoms. The first kappa shape index (κ1) is 17.4. The van der Waals surface area contributed by atoms with Crippen LogP contribution < -0.4 is 5.32 Å². The zero-order valence-corrected chi connectivity index (χ0v) is 13.1. The Bertz CT molecular complexity index is 264. The lowest BCUT2D eigenvalue weighted by molar-refractivity contribution is -0.149. The molecule has 1 rings (SSSR count). The molecular weight excluding hydrogens is 254 g/mol. The van der Waals surface area contributed by atoms with Gasteiger partial charge in [-0.1, -0.05) is 19.8 Å². The number of aliphatic hydroxyl groups excluding tert-OH is 1. The Labute approximate surface area is 123 Å². The zero-order valence-electron chi connectivity index (χ0n) is 13.1. The summed E-state index contributed by atoms with van der Waals surface area (Å²) in [4.78, 5) is 11.8. The van der Waals surface area contributed by atoms with Gasteiger partial charge in [0.25, 0.3) is 0 Å². The molecule has 0 radical (unpaired) electrons. The molecule has 0 saturated heterocycles. The number of nitrogens with one attached hydrogen (secondary N) is 1. The molecule has 0 aromatic rings. The molecule has 1 fully saturated rings. The van der Waals surface area contributed by atoms with Gasteiger partial charge >= 0.3 is 5.97 Å². The highest BCUT2D eigenvalue weighted by atomic mass is 16.5. The molecule has 4 heteroatoms. The fourth-order valence-corrected chi connectivity index (χ4v) is 3.12. The minimum atomic E-state index is -0.0283. The Balaban J connectivity index is 2.33. The quantitative estimate of drug-likeness (QED) is 0.639. The number of carbonyl (C=O) groups is 1. The van der Waals surface area contributed by atoms with Crippen LogP contribution in [0.5, 0.6) is 0 Å². The summed E-state index contributed by atoms with van der Waals surface area (Å²) < 4.78 is 5.13. The van der Waals surface area contributed by atoms with E-state index in [1.807, 2.05) is 6.92 Å². The number of rotatable bonds is 9. The topological polar surface area (TPSA) is 58.6 Å². The molecule has 0 aromatic carbocycles. The van der Waals surface area contributed by atoms with Crippen molar-refractivity contribution in [2.75, 3.05) is 19.8 Å². The van der Waals surface area contributed by atoms with Gasteiger partial charge in [0.1, 0.15) is 0 Å². The van der Waals surface area contributed by atoms with Crippen LogP contribution in [-0.2, 0) is 9.53 Å². The molecule has 4 nitrogen and oxygen atoms in total. The Kier molecular flexibility index (Phi) is 8.86. The molecule has 3 unspecified atom stereocenters. The second-order valence-electron chi connectivity index (χ2n) is 5.89. The molecule has 0 aromatic heterocycles. The van der Waals surface area contributed by atoms with Gasteiger partial charge in [-0.2, -0.15) is 0 Å². The molecular formula is C16H31NO3. The minimum absolute atomic E-state index is 0.0283. The van der Waals surface area contributed by atoms with E-state index in [0.717, 1.165) is 51.5 Å². The van der Waals surface area contributed by atoms with E-state index in [4.69, 9.17) is 9.84 Å². The van der Waals surface area contributed by atoms with Crippen LogP contribution in [0.4, 0.5) is 0 Å². The number of aliphatic hydroxyl groups is 1. The fourth-order valence-electron chi connectivity index (χ4n) is 3.12. The zero-order chi connectivity index (χ0) is 14.8. The predicted molar refractivity (Wildman–Crippen MR) is 80.5 cm³/mol. The smallest absolute Gasteiger partial charge is 0.308 e. The van der Waals surface area contributed by atoms with Crippen LogP contribution in [0.25, 0.3) is 0 Å². The van der Waals surface area contributed by atoms with Crippen molar-refractivity contribution < 1.29 is 14.6 Å². The van der Waals surface area contributed by atoms with E-state index in [1.165, 1.54) is 0 Å². The van der Waals surface area contributed by atoms with Gasteiger partial charge in [-0.15, -0.1) is 0 Å². The lowest BCUT2D eigenvalue weighted by atomic mass is 9.85. The van der Waals surface area contributed by atoms with Gasteiger partial charge in [-0.3, -0.25) is 4.79 Å². The Hall–Kier alpha value is -0.610. The van der Waals surface area contributed by atoms with Gasteiger partial charge in [0.2, 0.25) is 0 Å². The molecule has 20 heavy (non-hydrogen) atoms. The molecule has 1 saturated carbocycles. The summed E-state index contributed by atoms with van der Waals surface area (Å²) in [7, 11) is 0. The molecule has 1 aliphatic carbocycles. The highest BCUT2D eigenvalue weighted by Crippen LogP contribution is 2.25. The summed E-state index contributed by atoms with van der Waals surface area (Å²) >= 11 is 0. The van der Waals surface area contributed by atoms with Crippen molar-refractivity contribution in [3.63, 3.8) is 0 Å². The third kappa shape index (κ3) is 6.23. The molecule has 0 amide bonds. The highest BCUT2D eigenvalue weighted by molar-refractivity contribution is 5.72. The second kappa shape index (κ2) is 10.2. The predicted octanol–water partition coefficient (Wildman–Crippen LogP) is 2.50. The van der Waals surface area contributed by atoms with E-state index in [1.54, 1.807) is 0 Å². The van der Waals surface area contributed by atoms with Crippen molar-refractivity contribution in [3.05, 3.63) is 0 Å². The van der Waals surface area contributed by atoms with Crippen LogP contribution in [0.3, 0.4) is 0 Å². The lowest BCUT2D eigenvalue weighted by Crippen LogP contribution is -2.39. The average molecular weight is 285 g/mol. The van der Waals surface area contributed by atoms with Crippen LogP contribution in [0, 0.1) is 11.8 Å². The normalized spacial score (nSPS) is 24.4. The molecule has 0 heterocycles. The molecule has 0 spiro atoms. The van der Waals surface area contributed by atoms with Gasteiger partial charge in [-0.25, -0.2) is 0 Å². The van der Waals surface area contributed by atoms with Crippen molar-refractivity contribution >= 4 is 5.97 Å². The number of ether oxygens (including phenoxy) is 1. The maximum absolute atomic E-state index is 11.8. The first-order valence-electron chi connectivity index (χ1n) is 8.22. The number of hydrogen-bond acceptors (Lipinski definition) is 4. The third-order valence-corrected chi connectivity index (χ3v) is 4.22. The lowest BCUT2D eigenvalue weighted by Gasteiger charge is -2.30. The van der Waals surface area contributed by atoms with E-state index < -0.39 is 0 Å². The fraction of sp³-hybridized carbons (Fsp3) is 0.938. The minimum Gasteiger partial charge on any atom is -0.466 e. The molecule has 1 aliphatic rings. The Morgan fingerprint density at radius 1 is 1.35 bits per heavy atom. The first-order valence-corrected chi connectivity index (χ1v) is 8.22. The summed E-state index contributed by atoms with van der Waals surface area (Å²) in [5.41, 5.74) is 0. The monoisotopic (exact) mass is 285 g/mol. The van der Waals surface area contributed by atoms with Crippen molar-refractivity contribution in [2.24, 2.45) is 11.8 Å². The van der Waals surface area contributed by atoms with E-state index in [-0.39, 0.29) is 18.5 Å². The van der Waals surface area contributed by atoms with E-state index >= 15 is 0 Å². The van der Waals surface area contributed by atoms with Crippen LogP contribution in [0.15, 0.2) is 0 Å². The second-order valence-corrected chi connectivity index (χ2v) is 5.89. The standard InChI is InChI=1S/C16H31NO3/c1-3-6-13(9-10-18)12-17-15-8-5-7-14(11-15)16(19)20-4-2/h13-15,17-18H,3-12H2,1-2H3. The Morgan fingerprint density at radius 3 is 2.80 bits per heavy atom. The maximum Gasteiger partial charge on any atom is 0.308 e. The van der Waals surface area contributed by atoms with Crippen molar-refractivity contribution in [2.45, 2.75) is 64.8 Å².